The first-order valence-corrected chi connectivity index (χ1v) is 8.94. The van der Waals surface area contributed by atoms with Gasteiger partial charge in [0.05, 0.1) is 23.5 Å². The van der Waals surface area contributed by atoms with Crippen molar-refractivity contribution in [1.29, 1.82) is 0 Å². The minimum Gasteiger partial charge on any atom is -0.375 e. The second-order valence-electron chi connectivity index (χ2n) is 4.83. The van der Waals surface area contributed by atoms with Crippen molar-refractivity contribution in [3.63, 3.8) is 0 Å². The summed E-state index contributed by atoms with van der Waals surface area (Å²) in [5, 5.41) is 0. The molecule has 0 spiro atoms. The molecule has 4 nitrogen and oxygen atoms in total. The van der Waals surface area contributed by atoms with E-state index in [1.165, 1.54) is 15.6 Å². The molecule has 1 aromatic rings. The standard InChI is InChI=1S/C12H18ClNO3S2/c1-8-7-17-9(2)6-14(8)19(15,16)12-4-11(5-13)18-10(12)3/h4,8-9H,5-7H2,1-3H3. The normalized spacial score (nSPS) is 25.7. The summed E-state index contributed by atoms with van der Waals surface area (Å²) >= 11 is 7.22. The highest BCUT2D eigenvalue weighted by Gasteiger charge is 2.35. The number of hydrogen-bond donors (Lipinski definition) is 0. The molecule has 1 aliphatic rings. The van der Waals surface area contributed by atoms with Gasteiger partial charge in [0.1, 0.15) is 0 Å². The van der Waals surface area contributed by atoms with E-state index in [0.717, 1.165) is 9.75 Å². The number of halogens is 1. The van der Waals surface area contributed by atoms with Gasteiger partial charge in [-0.3, -0.25) is 0 Å². The molecule has 19 heavy (non-hydrogen) atoms. The summed E-state index contributed by atoms with van der Waals surface area (Å²) < 4.78 is 32.5. The number of hydrogen-bond acceptors (Lipinski definition) is 4. The molecule has 0 saturated carbocycles. The number of sulfonamides is 1. The first-order chi connectivity index (χ1) is 8.86. The van der Waals surface area contributed by atoms with Crippen molar-refractivity contribution in [3.8, 4) is 0 Å². The topological polar surface area (TPSA) is 46.6 Å². The Hall–Kier alpha value is -0.140. The lowest BCUT2D eigenvalue weighted by Crippen LogP contribution is -2.50. The molecule has 0 aliphatic carbocycles. The molecular weight excluding hydrogens is 306 g/mol. The van der Waals surface area contributed by atoms with E-state index in [-0.39, 0.29) is 12.1 Å². The van der Waals surface area contributed by atoms with Crippen LogP contribution in [0.1, 0.15) is 23.6 Å². The molecule has 2 atom stereocenters. The van der Waals surface area contributed by atoms with Crippen LogP contribution in [-0.4, -0.2) is 38.0 Å². The highest BCUT2D eigenvalue weighted by molar-refractivity contribution is 7.89. The molecule has 1 saturated heterocycles. The van der Waals surface area contributed by atoms with Crippen LogP contribution in [-0.2, 0) is 20.6 Å². The first-order valence-electron chi connectivity index (χ1n) is 6.15. The predicted octanol–water partition coefficient (Wildman–Crippen LogP) is 2.59. The summed E-state index contributed by atoms with van der Waals surface area (Å²) in [5.74, 6) is 0.343. The SMILES string of the molecule is Cc1sc(CCl)cc1S(=O)(=O)N1CC(C)OCC1C. The van der Waals surface area contributed by atoms with Gasteiger partial charge in [-0.2, -0.15) is 4.31 Å². The van der Waals surface area contributed by atoms with Crippen LogP contribution in [0.25, 0.3) is 0 Å². The fourth-order valence-electron chi connectivity index (χ4n) is 2.18. The van der Waals surface area contributed by atoms with Crippen LogP contribution in [0.15, 0.2) is 11.0 Å². The fraction of sp³-hybridized carbons (Fsp3) is 0.667. The molecular formula is C12H18ClNO3S2. The maximum Gasteiger partial charge on any atom is 0.244 e. The lowest BCUT2D eigenvalue weighted by molar-refractivity contribution is -0.0170. The third-order valence-corrected chi connectivity index (χ3v) is 6.92. The van der Waals surface area contributed by atoms with Gasteiger partial charge in [-0.15, -0.1) is 22.9 Å². The van der Waals surface area contributed by atoms with Gasteiger partial charge >= 0.3 is 0 Å². The average Bonchev–Trinajstić information content (AvgIpc) is 2.74. The summed E-state index contributed by atoms with van der Waals surface area (Å²) in [5.41, 5.74) is 0. The van der Waals surface area contributed by atoms with Crippen LogP contribution in [0.5, 0.6) is 0 Å². The van der Waals surface area contributed by atoms with Gasteiger partial charge in [-0.25, -0.2) is 8.42 Å². The Labute approximate surface area is 123 Å². The molecule has 1 aromatic heterocycles. The molecule has 0 radical (unpaired) electrons. The number of alkyl halides is 1. The maximum atomic E-state index is 12.7. The summed E-state index contributed by atoms with van der Waals surface area (Å²) in [7, 11) is -3.46. The Morgan fingerprint density at radius 1 is 1.53 bits per heavy atom. The molecule has 1 fully saturated rings. The van der Waals surface area contributed by atoms with E-state index >= 15 is 0 Å². The van der Waals surface area contributed by atoms with Crippen molar-refractivity contribution in [2.45, 2.75) is 43.7 Å². The molecule has 0 N–H and O–H groups in total. The molecule has 7 heteroatoms. The molecule has 0 bridgehead atoms. The predicted molar refractivity (Wildman–Crippen MR) is 77.4 cm³/mol. The van der Waals surface area contributed by atoms with Crippen LogP contribution in [0.3, 0.4) is 0 Å². The zero-order valence-electron chi connectivity index (χ0n) is 11.2. The quantitative estimate of drug-likeness (QED) is 0.803. The second-order valence-corrected chi connectivity index (χ2v) is 8.30. The third kappa shape index (κ3) is 2.97. The Morgan fingerprint density at radius 3 is 2.79 bits per heavy atom. The molecule has 0 aromatic carbocycles. The molecule has 2 rings (SSSR count). The third-order valence-electron chi connectivity index (χ3n) is 3.19. The van der Waals surface area contributed by atoms with Crippen molar-refractivity contribution in [2.24, 2.45) is 0 Å². The minimum absolute atomic E-state index is 0.0718. The van der Waals surface area contributed by atoms with E-state index in [0.29, 0.717) is 23.9 Å². The van der Waals surface area contributed by atoms with Crippen molar-refractivity contribution in [2.75, 3.05) is 13.2 Å². The number of thiophene rings is 1. The molecule has 1 aliphatic heterocycles. The fourth-order valence-corrected chi connectivity index (χ4v) is 5.57. The maximum absolute atomic E-state index is 12.7. The van der Waals surface area contributed by atoms with Gasteiger partial charge in [-0.1, -0.05) is 0 Å². The van der Waals surface area contributed by atoms with E-state index in [9.17, 15) is 8.42 Å². The molecule has 108 valence electrons. The molecule has 0 amide bonds. The average molecular weight is 324 g/mol. The van der Waals surface area contributed by atoms with Crippen LogP contribution < -0.4 is 0 Å². The van der Waals surface area contributed by atoms with Gasteiger partial charge in [0, 0.05) is 22.3 Å². The number of ether oxygens (including phenoxy) is 1. The van der Waals surface area contributed by atoms with Crippen LogP contribution in [0.4, 0.5) is 0 Å². The number of rotatable bonds is 3. The van der Waals surface area contributed by atoms with E-state index < -0.39 is 10.0 Å². The highest BCUT2D eigenvalue weighted by Crippen LogP contribution is 2.31. The lowest BCUT2D eigenvalue weighted by atomic mass is 10.2. The van der Waals surface area contributed by atoms with Gasteiger partial charge in [0.2, 0.25) is 10.0 Å². The summed E-state index contributed by atoms with van der Waals surface area (Å²) in [6, 6.07) is 1.55. The van der Waals surface area contributed by atoms with Crippen LogP contribution in [0, 0.1) is 6.92 Å². The van der Waals surface area contributed by atoms with Crippen LogP contribution in [0.2, 0.25) is 0 Å². The van der Waals surface area contributed by atoms with Gasteiger partial charge in [0.15, 0.2) is 0 Å². The second kappa shape index (κ2) is 5.69. The van der Waals surface area contributed by atoms with Gasteiger partial charge in [-0.05, 0) is 26.8 Å². The minimum atomic E-state index is -3.46. The smallest absolute Gasteiger partial charge is 0.244 e. The Bertz CT molecular complexity index is 555. The van der Waals surface area contributed by atoms with E-state index in [1.807, 2.05) is 20.8 Å². The highest BCUT2D eigenvalue weighted by atomic mass is 35.5. The summed E-state index contributed by atoms with van der Waals surface area (Å²) in [6.07, 6.45) is -0.0718. The van der Waals surface area contributed by atoms with Crippen LogP contribution >= 0.6 is 22.9 Å². The van der Waals surface area contributed by atoms with E-state index in [1.54, 1.807) is 6.07 Å². The zero-order valence-corrected chi connectivity index (χ0v) is 13.6. The van der Waals surface area contributed by atoms with Crippen molar-refractivity contribution in [1.82, 2.24) is 4.31 Å². The monoisotopic (exact) mass is 323 g/mol. The zero-order chi connectivity index (χ0) is 14.2. The van der Waals surface area contributed by atoms with Gasteiger partial charge in [0.25, 0.3) is 0 Å². The van der Waals surface area contributed by atoms with E-state index in [4.69, 9.17) is 16.3 Å². The van der Waals surface area contributed by atoms with E-state index in [2.05, 4.69) is 0 Å². The largest absolute Gasteiger partial charge is 0.375 e. The Morgan fingerprint density at radius 2 is 2.21 bits per heavy atom. The van der Waals surface area contributed by atoms with Gasteiger partial charge < -0.3 is 4.74 Å². The summed E-state index contributed by atoms with van der Waals surface area (Å²) in [4.78, 5) is 2.06. The summed E-state index contributed by atoms with van der Waals surface area (Å²) in [6.45, 7) is 6.41. The lowest BCUT2D eigenvalue weighted by Gasteiger charge is -2.35. The van der Waals surface area contributed by atoms with Crippen molar-refractivity contribution in [3.05, 3.63) is 15.8 Å². The Kier molecular flexibility index (Phi) is 4.57. The van der Waals surface area contributed by atoms with Crippen molar-refractivity contribution >= 4 is 33.0 Å². The Balaban J connectivity index is 2.37. The molecule has 2 heterocycles. The number of nitrogens with zero attached hydrogens (tertiary/aromatic N) is 1. The number of morpholine rings is 1. The first kappa shape index (κ1) is 15.3. The number of aryl methyl sites for hydroxylation is 1. The van der Waals surface area contributed by atoms with Crippen molar-refractivity contribution < 1.29 is 13.2 Å². The molecule has 2 unspecified atom stereocenters.